The molecule has 1 amide bonds. The van der Waals surface area contributed by atoms with Crippen LogP contribution in [0.4, 0.5) is 0 Å². The van der Waals surface area contributed by atoms with Crippen LogP contribution in [0.1, 0.15) is 22.9 Å². The van der Waals surface area contributed by atoms with Crippen molar-refractivity contribution in [3.63, 3.8) is 0 Å². The van der Waals surface area contributed by atoms with Crippen LogP contribution in [0.5, 0.6) is 11.5 Å². The van der Waals surface area contributed by atoms with Crippen LogP contribution in [0, 0.1) is 0 Å². The van der Waals surface area contributed by atoms with Crippen molar-refractivity contribution in [1.29, 1.82) is 0 Å². The van der Waals surface area contributed by atoms with Crippen molar-refractivity contribution >= 4 is 28.4 Å². The van der Waals surface area contributed by atoms with Gasteiger partial charge in [-0.1, -0.05) is 12.1 Å². The minimum atomic E-state index is -0.851. The van der Waals surface area contributed by atoms with Crippen molar-refractivity contribution in [3.05, 3.63) is 89.5 Å². The number of rotatable bonds is 7. The Morgan fingerprint density at radius 3 is 2.60 bits per heavy atom. The van der Waals surface area contributed by atoms with Gasteiger partial charge in [0.15, 0.2) is 0 Å². The van der Waals surface area contributed by atoms with Crippen molar-refractivity contribution in [1.82, 2.24) is 9.88 Å². The Morgan fingerprint density at radius 1 is 1.06 bits per heavy atom. The number of furan rings is 1. The molecule has 35 heavy (non-hydrogen) atoms. The fourth-order valence-electron chi connectivity index (χ4n) is 4.51. The number of nitrogens with one attached hydrogen (secondary N) is 1. The lowest BCUT2D eigenvalue weighted by Gasteiger charge is -2.23. The lowest BCUT2D eigenvalue weighted by molar-refractivity contribution is -0.140. The molecule has 0 bridgehead atoms. The molecule has 8 nitrogen and oxygen atoms in total. The predicted molar refractivity (Wildman–Crippen MR) is 129 cm³/mol. The van der Waals surface area contributed by atoms with Crippen molar-refractivity contribution in [2.24, 2.45) is 0 Å². The average molecular weight is 472 g/mol. The molecular weight excluding hydrogens is 448 g/mol. The molecule has 2 aromatic heterocycles. The third-order valence-electron chi connectivity index (χ3n) is 6.29. The van der Waals surface area contributed by atoms with Crippen molar-refractivity contribution in [2.45, 2.75) is 12.5 Å². The van der Waals surface area contributed by atoms with E-state index in [1.807, 2.05) is 24.4 Å². The maximum Gasteiger partial charge on any atom is 0.295 e. The molecule has 8 heteroatoms. The molecule has 1 aliphatic heterocycles. The summed E-state index contributed by atoms with van der Waals surface area (Å²) in [5.41, 5.74) is 2.29. The number of likely N-dealkylation sites (tertiary alicyclic amines) is 1. The molecule has 5 rings (SSSR count). The van der Waals surface area contributed by atoms with E-state index in [1.165, 1.54) is 18.3 Å². The van der Waals surface area contributed by atoms with E-state index in [0.29, 0.717) is 23.5 Å². The number of hydrogen-bond donors (Lipinski definition) is 2. The Balaban J connectivity index is 1.52. The summed E-state index contributed by atoms with van der Waals surface area (Å²) in [5, 5.41) is 12.1. The summed E-state index contributed by atoms with van der Waals surface area (Å²) in [5.74, 6) is -0.0712. The number of hydrogen-bond acceptors (Lipinski definition) is 6. The fourth-order valence-corrected chi connectivity index (χ4v) is 4.51. The van der Waals surface area contributed by atoms with Gasteiger partial charge in [0.25, 0.3) is 11.7 Å². The second kappa shape index (κ2) is 9.06. The minimum Gasteiger partial charge on any atom is -0.507 e. The summed E-state index contributed by atoms with van der Waals surface area (Å²) in [6, 6.07) is 15.0. The molecular formula is C27H24N2O6. The number of benzene rings is 2. The van der Waals surface area contributed by atoms with Crippen LogP contribution in [0.15, 0.2) is 77.0 Å². The highest BCUT2D eigenvalue weighted by Crippen LogP contribution is 2.40. The molecule has 1 atom stereocenters. The van der Waals surface area contributed by atoms with E-state index >= 15 is 0 Å². The molecule has 3 heterocycles. The average Bonchev–Trinajstić information content (AvgIpc) is 3.61. The van der Waals surface area contributed by atoms with E-state index in [2.05, 4.69) is 4.98 Å². The van der Waals surface area contributed by atoms with Crippen LogP contribution in [0.25, 0.3) is 16.7 Å². The summed E-state index contributed by atoms with van der Waals surface area (Å²) in [6.45, 7) is 0.245. The predicted octanol–water partition coefficient (Wildman–Crippen LogP) is 4.44. The zero-order valence-electron chi connectivity index (χ0n) is 19.3. The number of methoxy groups -OCH3 is 2. The molecule has 1 saturated heterocycles. The van der Waals surface area contributed by atoms with Crippen LogP contribution >= 0.6 is 0 Å². The molecule has 1 aliphatic rings. The van der Waals surface area contributed by atoms with Gasteiger partial charge in [0.1, 0.15) is 29.1 Å². The Bertz CT molecular complexity index is 1430. The van der Waals surface area contributed by atoms with Gasteiger partial charge in [-0.25, -0.2) is 0 Å². The Kier molecular flexibility index (Phi) is 5.78. The molecule has 2 N–H and O–H groups in total. The monoisotopic (exact) mass is 472 g/mol. The third-order valence-corrected chi connectivity index (χ3v) is 6.29. The maximum atomic E-state index is 13.1. The van der Waals surface area contributed by atoms with Gasteiger partial charge in [-0.3, -0.25) is 9.59 Å². The quantitative estimate of drug-likeness (QED) is 0.234. The van der Waals surface area contributed by atoms with Crippen molar-refractivity contribution < 1.29 is 28.6 Å². The van der Waals surface area contributed by atoms with Gasteiger partial charge >= 0.3 is 0 Å². The first-order valence-corrected chi connectivity index (χ1v) is 11.1. The first-order chi connectivity index (χ1) is 17.0. The number of carbonyl (C=O) groups excluding carboxylic acids is 2. The number of aromatic nitrogens is 1. The highest BCUT2D eigenvalue weighted by molar-refractivity contribution is 6.46. The normalized spacial score (nSPS) is 17.3. The van der Waals surface area contributed by atoms with Gasteiger partial charge < -0.3 is 28.9 Å². The van der Waals surface area contributed by atoms with Gasteiger partial charge in [0, 0.05) is 29.2 Å². The van der Waals surface area contributed by atoms with Crippen LogP contribution in [-0.2, 0) is 16.0 Å². The summed E-state index contributed by atoms with van der Waals surface area (Å²) in [4.78, 5) is 31.0. The SMILES string of the molecule is COc1cccc(C(O)=C2C(=O)C(=O)N(CCc3c[nH]c4ccc(OC)cc34)[C@H]2c2ccco2)c1. The number of H-pyrrole nitrogens is 1. The number of aliphatic hydroxyl groups excluding tert-OH is 1. The van der Waals surface area contributed by atoms with E-state index in [0.717, 1.165) is 22.2 Å². The van der Waals surface area contributed by atoms with E-state index in [4.69, 9.17) is 13.9 Å². The fraction of sp³-hybridized carbons (Fsp3) is 0.185. The molecule has 0 saturated carbocycles. The number of carbonyl (C=O) groups is 2. The van der Waals surface area contributed by atoms with Crippen molar-refractivity contribution in [2.75, 3.05) is 20.8 Å². The third kappa shape index (κ3) is 3.93. The summed E-state index contributed by atoms with van der Waals surface area (Å²) in [6.07, 6.45) is 3.85. The second-order valence-electron chi connectivity index (χ2n) is 8.22. The molecule has 0 aliphatic carbocycles. The molecule has 0 spiro atoms. The van der Waals surface area contributed by atoms with Crippen LogP contribution < -0.4 is 9.47 Å². The second-order valence-corrected chi connectivity index (χ2v) is 8.22. The van der Waals surface area contributed by atoms with Crippen LogP contribution in [-0.4, -0.2) is 47.4 Å². The van der Waals surface area contributed by atoms with Gasteiger partial charge in [0.2, 0.25) is 0 Å². The largest absolute Gasteiger partial charge is 0.507 e. The topological polar surface area (TPSA) is 105 Å². The number of amides is 1. The van der Waals surface area contributed by atoms with Gasteiger partial charge in [-0.2, -0.15) is 0 Å². The van der Waals surface area contributed by atoms with Gasteiger partial charge in [-0.15, -0.1) is 0 Å². The van der Waals surface area contributed by atoms with Crippen LogP contribution in [0.3, 0.4) is 0 Å². The van der Waals surface area contributed by atoms with E-state index in [-0.39, 0.29) is 17.9 Å². The molecule has 0 radical (unpaired) electrons. The lowest BCUT2D eigenvalue weighted by Crippen LogP contribution is -2.31. The van der Waals surface area contributed by atoms with Gasteiger partial charge in [-0.05, 0) is 54.4 Å². The smallest absolute Gasteiger partial charge is 0.295 e. The molecule has 178 valence electrons. The lowest BCUT2D eigenvalue weighted by atomic mass is 9.99. The first kappa shape index (κ1) is 22.3. The van der Waals surface area contributed by atoms with Crippen molar-refractivity contribution in [3.8, 4) is 11.5 Å². The number of Topliss-reactive ketones (excluding diaryl/α,β-unsaturated/α-hetero) is 1. The van der Waals surface area contributed by atoms with E-state index < -0.39 is 17.7 Å². The Morgan fingerprint density at radius 2 is 1.86 bits per heavy atom. The summed E-state index contributed by atoms with van der Waals surface area (Å²) < 4.78 is 16.2. The Labute approximate surface area is 201 Å². The minimum absolute atomic E-state index is 0.0150. The number of aromatic amines is 1. The summed E-state index contributed by atoms with van der Waals surface area (Å²) in [7, 11) is 3.12. The van der Waals surface area contributed by atoms with Gasteiger partial charge in [0.05, 0.1) is 26.1 Å². The highest BCUT2D eigenvalue weighted by atomic mass is 16.5. The zero-order valence-corrected chi connectivity index (χ0v) is 19.3. The first-order valence-electron chi connectivity index (χ1n) is 11.1. The zero-order chi connectivity index (χ0) is 24.5. The molecule has 1 fully saturated rings. The number of fused-ring (bicyclic) bond motifs is 1. The standard InChI is InChI=1S/C27H24N2O6/c1-33-18-6-3-5-16(13-18)25(30)23-24(22-7-4-12-35-22)29(27(32)26(23)31)11-10-17-15-28-21-9-8-19(34-2)14-20(17)21/h3-9,12-15,24,28,30H,10-11H2,1-2H3/t24-/m0/s1. The van der Waals surface area contributed by atoms with E-state index in [9.17, 15) is 14.7 Å². The molecule has 0 unspecified atom stereocenters. The number of ketones is 1. The van der Waals surface area contributed by atoms with E-state index in [1.54, 1.807) is 43.5 Å². The summed E-state index contributed by atoms with van der Waals surface area (Å²) >= 11 is 0. The molecule has 2 aromatic carbocycles. The number of aliphatic hydroxyl groups is 1. The van der Waals surface area contributed by atoms with Crippen LogP contribution in [0.2, 0.25) is 0 Å². The number of ether oxygens (including phenoxy) is 2. The highest BCUT2D eigenvalue weighted by Gasteiger charge is 2.47. The number of nitrogens with zero attached hydrogens (tertiary/aromatic N) is 1. The Hall–Kier alpha value is -4.46. The molecule has 4 aromatic rings. The maximum absolute atomic E-state index is 13.1.